The van der Waals surface area contributed by atoms with E-state index in [2.05, 4.69) is 10.6 Å². The number of hydrogen-bond acceptors (Lipinski definition) is 8. The Kier molecular flexibility index (Phi) is 9.73. The number of phenolic OH excluding ortho intramolecular Hbond substituents is 1. The molecule has 14 heteroatoms. The van der Waals surface area contributed by atoms with Gasteiger partial charge in [0.1, 0.15) is 23.9 Å². The van der Waals surface area contributed by atoms with Crippen LogP contribution in [-0.4, -0.2) is 81.3 Å². The number of aliphatic carboxylic acids is 1. The van der Waals surface area contributed by atoms with Gasteiger partial charge in [-0.05, 0) is 30.5 Å². The summed E-state index contributed by atoms with van der Waals surface area (Å²) in [6.07, 6.45) is -0.474. The van der Waals surface area contributed by atoms with Gasteiger partial charge >= 0.3 is 5.97 Å². The van der Waals surface area contributed by atoms with Crippen LogP contribution in [0.4, 0.5) is 0 Å². The fourth-order valence-electron chi connectivity index (χ4n) is 3.84. The van der Waals surface area contributed by atoms with Crippen molar-refractivity contribution in [1.29, 1.82) is 0 Å². The highest BCUT2D eigenvalue weighted by atomic mass is 16.4. The van der Waals surface area contributed by atoms with Crippen LogP contribution < -0.4 is 27.8 Å². The number of phenols is 1. The Labute approximate surface area is 206 Å². The minimum Gasteiger partial charge on any atom is -0.508 e. The van der Waals surface area contributed by atoms with Crippen molar-refractivity contribution in [2.45, 2.75) is 56.3 Å². The third-order valence-corrected chi connectivity index (χ3v) is 5.61. The maximum atomic E-state index is 12.9. The molecule has 1 aromatic carbocycles. The smallest absolute Gasteiger partial charge is 0.326 e. The van der Waals surface area contributed by atoms with E-state index in [1.54, 1.807) is 0 Å². The molecule has 5 amide bonds. The normalized spacial score (nSPS) is 17.5. The number of carbonyl (C=O) groups excluding carboxylic acids is 5. The van der Waals surface area contributed by atoms with Crippen LogP contribution in [0.15, 0.2) is 24.3 Å². The number of carbonyl (C=O) groups is 6. The SMILES string of the molecule is NC(=O)CC(N)C(=O)N1CCCC1C(=O)NC(CC(N)=O)C(=O)NC(Cc1ccc(O)cc1)C(=O)O. The molecular weight excluding hydrogens is 476 g/mol. The van der Waals surface area contributed by atoms with Gasteiger partial charge in [0.15, 0.2) is 0 Å². The molecule has 0 aromatic heterocycles. The summed E-state index contributed by atoms with van der Waals surface area (Å²) in [5, 5.41) is 23.6. The largest absolute Gasteiger partial charge is 0.508 e. The van der Waals surface area contributed by atoms with Crippen LogP contribution in [0.2, 0.25) is 0 Å². The van der Waals surface area contributed by atoms with Crippen molar-refractivity contribution >= 4 is 35.5 Å². The number of nitrogens with one attached hydrogen (secondary N) is 2. The summed E-state index contributed by atoms with van der Waals surface area (Å²) in [6, 6.07) is 0.498. The molecule has 2 rings (SSSR count). The second-order valence-electron chi connectivity index (χ2n) is 8.47. The lowest BCUT2D eigenvalue weighted by Gasteiger charge is -2.28. The van der Waals surface area contributed by atoms with Crippen molar-refractivity contribution in [2.24, 2.45) is 17.2 Å². The quantitative estimate of drug-likeness (QED) is 0.153. The molecule has 0 bridgehead atoms. The maximum absolute atomic E-state index is 12.9. The second kappa shape index (κ2) is 12.5. The van der Waals surface area contributed by atoms with Crippen LogP contribution in [0, 0.1) is 0 Å². The van der Waals surface area contributed by atoms with E-state index in [1.165, 1.54) is 29.2 Å². The van der Waals surface area contributed by atoms with Crippen molar-refractivity contribution in [3.8, 4) is 5.75 Å². The molecule has 14 nitrogen and oxygen atoms in total. The Morgan fingerprint density at radius 3 is 2.14 bits per heavy atom. The number of rotatable bonds is 12. The molecule has 0 aliphatic carbocycles. The molecule has 36 heavy (non-hydrogen) atoms. The molecule has 0 spiro atoms. The number of nitrogens with two attached hydrogens (primary N) is 3. The number of amides is 5. The summed E-state index contributed by atoms with van der Waals surface area (Å²) < 4.78 is 0. The zero-order chi connectivity index (χ0) is 27.0. The number of nitrogens with zero attached hydrogens (tertiary/aromatic N) is 1. The lowest BCUT2D eigenvalue weighted by molar-refractivity contribution is -0.143. The van der Waals surface area contributed by atoms with E-state index in [9.17, 15) is 39.0 Å². The number of benzene rings is 1. The molecule has 1 aliphatic heterocycles. The molecule has 1 aliphatic rings. The van der Waals surface area contributed by atoms with Crippen molar-refractivity contribution in [3.63, 3.8) is 0 Å². The molecule has 0 saturated carbocycles. The lowest BCUT2D eigenvalue weighted by atomic mass is 10.0. The Morgan fingerprint density at radius 1 is 0.972 bits per heavy atom. The lowest BCUT2D eigenvalue weighted by Crippen LogP contribution is -2.57. The standard InChI is InChI=1S/C22H30N6O8/c23-13(9-17(24)30)21(34)28-7-1-2-16(28)20(33)26-14(10-18(25)31)19(32)27-15(22(35)36)8-11-3-5-12(29)6-4-11/h3-6,13-16,29H,1-2,7-10,23H2,(H2,24,30)(H2,25,31)(H,26,33)(H,27,32)(H,35,36). The summed E-state index contributed by atoms with van der Waals surface area (Å²) >= 11 is 0. The van der Waals surface area contributed by atoms with E-state index < -0.39 is 72.5 Å². The van der Waals surface area contributed by atoms with Gasteiger partial charge in [-0.3, -0.25) is 24.0 Å². The molecule has 0 radical (unpaired) electrons. The summed E-state index contributed by atoms with van der Waals surface area (Å²) in [5.74, 6) is -5.49. The van der Waals surface area contributed by atoms with Gasteiger partial charge in [0, 0.05) is 13.0 Å². The fraction of sp³-hybridized carbons (Fsp3) is 0.455. The Morgan fingerprint density at radius 2 is 1.58 bits per heavy atom. The number of likely N-dealkylation sites (tertiary alicyclic amines) is 1. The predicted octanol–water partition coefficient (Wildman–Crippen LogP) is -2.94. The Balaban J connectivity index is 2.12. The highest BCUT2D eigenvalue weighted by molar-refractivity contribution is 5.97. The Hall–Kier alpha value is -4.20. The van der Waals surface area contributed by atoms with Crippen LogP contribution in [-0.2, 0) is 35.2 Å². The van der Waals surface area contributed by atoms with Gasteiger partial charge in [-0.25, -0.2) is 4.79 Å². The highest BCUT2D eigenvalue weighted by Gasteiger charge is 2.38. The molecular formula is C22H30N6O8. The number of primary amides is 2. The van der Waals surface area contributed by atoms with E-state index in [1.807, 2.05) is 0 Å². The Bertz CT molecular complexity index is 1010. The summed E-state index contributed by atoms with van der Waals surface area (Å²) in [7, 11) is 0. The van der Waals surface area contributed by atoms with Gasteiger partial charge in [-0.2, -0.15) is 0 Å². The third kappa shape index (κ3) is 7.94. The number of aromatic hydroxyl groups is 1. The predicted molar refractivity (Wildman–Crippen MR) is 124 cm³/mol. The van der Waals surface area contributed by atoms with Crippen molar-refractivity contribution < 1.29 is 39.0 Å². The molecule has 1 fully saturated rings. The van der Waals surface area contributed by atoms with Crippen LogP contribution in [0.1, 0.15) is 31.2 Å². The van der Waals surface area contributed by atoms with E-state index in [0.717, 1.165) is 0 Å². The van der Waals surface area contributed by atoms with Crippen LogP contribution in [0.25, 0.3) is 0 Å². The average molecular weight is 507 g/mol. The molecule has 10 N–H and O–H groups in total. The second-order valence-corrected chi connectivity index (χ2v) is 8.47. The van der Waals surface area contributed by atoms with Crippen molar-refractivity contribution in [3.05, 3.63) is 29.8 Å². The van der Waals surface area contributed by atoms with E-state index >= 15 is 0 Å². The van der Waals surface area contributed by atoms with Gasteiger partial charge in [-0.15, -0.1) is 0 Å². The molecule has 1 heterocycles. The van der Waals surface area contributed by atoms with Crippen LogP contribution >= 0.6 is 0 Å². The van der Waals surface area contributed by atoms with E-state index in [4.69, 9.17) is 17.2 Å². The zero-order valence-electron chi connectivity index (χ0n) is 19.4. The molecule has 196 valence electrons. The molecule has 4 unspecified atom stereocenters. The molecule has 1 saturated heterocycles. The topological polar surface area (TPSA) is 248 Å². The monoisotopic (exact) mass is 506 g/mol. The third-order valence-electron chi connectivity index (χ3n) is 5.61. The minimum atomic E-state index is -1.51. The maximum Gasteiger partial charge on any atom is 0.326 e. The minimum absolute atomic E-state index is 0.0195. The first-order valence-electron chi connectivity index (χ1n) is 11.1. The highest BCUT2D eigenvalue weighted by Crippen LogP contribution is 2.19. The van der Waals surface area contributed by atoms with E-state index in [-0.39, 0.29) is 25.1 Å². The zero-order valence-corrected chi connectivity index (χ0v) is 19.4. The van der Waals surface area contributed by atoms with Gasteiger partial charge in [-0.1, -0.05) is 12.1 Å². The van der Waals surface area contributed by atoms with E-state index in [0.29, 0.717) is 12.0 Å². The summed E-state index contributed by atoms with van der Waals surface area (Å²) in [4.78, 5) is 73.9. The number of carboxylic acid groups (broad SMARTS) is 1. The molecule has 1 aromatic rings. The molecule has 4 atom stereocenters. The summed E-state index contributed by atoms with van der Waals surface area (Å²) in [6.45, 7) is 0.184. The number of hydrogen-bond donors (Lipinski definition) is 7. The average Bonchev–Trinajstić information content (AvgIpc) is 3.28. The first kappa shape index (κ1) is 28.0. The van der Waals surface area contributed by atoms with Gasteiger partial charge in [0.2, 0.25) is 29.5 Å². The summed E-state index contributed by atoms with van der Waals surface area (Å²) in [5.41, 5.74) is 16.5. The van der Waals surface area contributed by atoms with Crippen molar-refractivity contribution in [2.75, 3.05) is 6.54 Å². The van der Waals surface area contributed by atoms with Gasteiger partial charge in [0.25, 0.3) is 0 Å². The van der Waals surface area contributed by atoms with Gasteiger partial charge < -0.3 is 42.9 Å². The number of carboxylic acids is 1. The van der Waals surface area contributed by atoms with Crippen LogP contribution in [0.3, 0.4) is 0 Å². The van der Waals surface area contributed by atoms with Crippen LogP contribution in [0.5, 0.6) is 5.75 Å². The first-order valence-corrected chi connectivity index (χ1v) is 11.1. The first-order chi connectivity index (χ1) is 16.9. The van der Waals surface area contributed by atoms with Gasteiger partial charge in [0.05, 0.1) is 18.9 Å². The fourth-order valence-corrected chi connectivity index (χ4v) is 3.84. The van der Waals surface area contributed by atoms with Crippen molar-refractivity contribution in [1.82, 2.24) is 15.5 Å².